The molecule has 0 aromatic carbocycles. The molecule has 1 saturated carbocycles. The van der Waals surface area contributed by atoms with Gasteiger partial charge in [0, 0.05) is 38.1 Å². The van der Waals surface area contributed by atoms with Gasteiger partial charge in [0.15, 0.2) is 0 Å². The highest BCUT2D eigenvalue weighted by atomic mass is 16.6. The summed E-state index contributed by atoms with van der Waals surface area (Å²) in [4.78, 5) is 26.0. The zero-order chi connectivity index (χ0) is 20.7. The summed E-state index contributed by atoms with van der Waals surface area (Å²) in [6, 6.07) is -0.276. The zero-order valence-corrected chi connectivity index (χ0v) is 18.0. The van der Waals surface area contributed by atoms with Crippen LogP contribution in [0.5, 0.6) is 0 Å². The number of carbonyl (C=O) groups is 2. The van der Waals surface area contributed by atoms with E-state index in [9.17, 15) is 14.7 Å². The smallest absolute Gasteiger partial charge is 0.410 e. The Balaban J connectivity index is 1.66. The first kappa shape index (κ1) is 22.9. The topological polar surface area (TPSA) is 90.9 Å². The maximum Gasteiger partial charge on any atom is 0.410 e. The molecule has 2 aliphatic rings. The van der Waals surface area contributed by atoms with E-state index in [2.05, 4.69) is 10.6 Å². The van der Waals surface area contributed by atoms with Gasteiger partial charge >= 0.3 is 6.09 Å². The van der Waals surface area contributed by atoms with Gasteiger partial charge in [0.05, 0.1) is 0 Å². The first-order valence-corrected chi connectivity index (χ1v) is 10.9. The van der Waals surface area contributed by atoms with Crippen LogP contribution in [0.1, 0.15) is 66.2 Å². The van der Waals surface area contributed by atoms with Crippen molar-refractivity contribution in [1.29, 1.82) is 0 Å². The fourth-order valence-corrected chi connectivity index (χ4v) is 3.90. The van der Waals surface area contributed by atoms with Crippen LogP contribution in [-0.2, 0) is 9.53 Å². The minimum Gasteiger partial charge on any atom is -0.444 e. The van der Waals surface area contributed by atoms with Crippen molar-refractivity contribution >= 4 is 12.0 Å². The summed E-state index contributed by atoms with van der Waals surface area (Å²) in [6.45, 7) is 10.2. The van der Waals surface area contributed by atoms with Crippen LogP contribution < -0.4 is 10.6 Å². The van der Waals surface area contributed by atoms with E-state index in [1.807, 2.05) is 27.7 Å². The Morgan fingerprint density at radius 3 is 2.32 bits per heavy atom. The molecule has 7 nitrogen and oxygen atoms in total. The molecular weight excluding hydrogens is 358 g/mol. The van der Waals surface area contributed by atoms with E-state index in [0.29, 0.717) is 44.4 Å². The molecular formula is C21H39N3O4. The summed E-state index contributed by atoms with van der Waals surface area (Å²) in [5.41, 5.74) is -0.483. The standard InChI is InChI=1S/C21H39N3O4/c1-5-17(18(25)19(26)23-11-15-9-7-6-8-10-15)22-12-16-13-24(14-16)20(27)28-21(2,3)4/h15-18,22,25H,5-14H2,1-4H3,(H,23,26). The number of hydrogen-bond donors (Lipinski definition) is 3. The third-order valence-corrected chi connectivity index (χ3v) is 5.66. The third kappa shape index (κ3) is 7.24. The van der Waals surface area contributed by atoms with Gasteiger partial charge in [-0.15, -0.1) is 0 Å². The molecule has 0 radical (unpaired) electrons. The summed E-state index contributed by atoms with van der Waals surface area (Å²) in [5, 5.41) is 16.7. The van der Waals surface area contributed by atoms with Crippen LogP contribution in [-0.4, -0.2) is 65.9 Å². The normalized spacial score (nSPS) is 21.0. The second kappa shape index (κ2) is 10.4. The van der Waals surface area contributed by atoms with E-state index in [-0.39, 0.29) is 18.0 Å². The van der Waals surface area contributed by atoms with Gasteiger partial charge in [-0.25, -0.2) is 4.79 Å². The van der Waals surface area contributed by atoms with Gasteiger partial charge in [-0.1, -0.05) is 26.2 Å². The number of rotatable bonds is 8. The number of hydrogen-bond acceptors (Lipinski definition) is 5. The van der Waals surface area contributed by atoms with Gasteiger partial charge in [-0.2, -0.15) is 0 Å². The lowest BCUT2D eigenvalue weighted by Gasteiger charge is -2.40. The minimum absolute atomic E-state index is 0.276. The molecule has 0 aromatic heterocycles. The van der Waals surface area contributed by atoms with Crippen molar-refractivity contribution < 1.29 is 19.4 Å². The molecule has 2 atom stereocenters. The number of ether oxygens (including phenoxy) is 1. The number of aliphatic hydroxyl groups is 1. The molecule has 7 heteroatoms. The van der Waals surface area contributed by atoms with Gasteiger partial charge in [-0.05, 0) is 46.0 Å². The second-order valence-corrected chi connectivity index (χ2v) is 9.37. The largest absolute Gasteiger partial charge is 0.444 e. The Bertz CT molecular complexity index is 508. The Labute approximate surface area is 169 Å². The van der Waals surface area contributed by atoms with Crippen LogP contribution in [0, 0.1) is 11.8 Å². The van der Waals surface area contributed by atoms with Gasteiger partial charge in [-0.3, -0.25) is 4.79 Å². The minimum atomic E-state index is -1.05. The molecule has 2 amide bonds. The molecule has 0 bridgehead atoms. The molecule has 2 rings (SSSR count). The number of nitrogens with zero attached hydrogens (tertiary/aromatic N) is 1. The van der Waals surface area contributed by atoms with Crippen LogP contribution in [0.15, 0.2) is 0 Å². The van der Waals surface area contributed by atoms with E-state index in [0.717, 1.165) is 0 Å². The molecule has 162 valence electrons. The number of aliphatic hydroxyl groups excluding tert-OH is 1. The van der Waals surface area contributed by atoms with Crippen LogP contribution in [0.2, 0.25) is 0 Å². The third-order valence-electron chi connectivity index (χ3n) is 5.66. The van der Waals surface area contributed by atoms with Gasteiger partial charge in [0.25, 0.3) is 0 Å². The van der Waals surface area contributed by atoms with Crippen molar-refractivity contribution in [2.45, 2.75) is 84.0 Å². The number of nitrogens with one attached hydrogen (secondary N) is 2. The van der Waals surface area contributed by atoms with Gasteiger partial charge in [0.1, 0.15) is 11.7 Å². The van der Waals surface area contributed by atoms with Crippen molar-refractivity contribution in [2.75, 3.05) is 26.2 Å². The molecule has 1 aliphatic heterocycles. The Kier molecular flexibility index (Phi) is 8.56. The zero-order valence-electron chi connectivity index (χ0n) is 18.0. The van der Waals surface area contributed by atoms with E-state index in [4.69, 9.17) is 4.74 Å². The van der Waals surface area contributed by atoms with Crippen LogP contribution in [0.3, 0.4) is 0 Å². The average molecular weight is 398 g/mol. The van der Waals surface area contributed by atoms with Crippen LogP contribution in [0.25, 0.3) is 0 Å². The number of amides is 2. The lowest BCUT2D eigenvalue weighted by atomic mass is 9.89. The van der Waals surface area contributed by atoms with Crippen molar-refractivity contribution in [2.24, 2.45) is 11.8 Å². The molecule has 1 heterocycles. The van der Waals surface area contributed by atoms with Crippen molar-refractivity contribution in [3.05, 3.63) is 0 Å². The van der Waals surface area contributed by atoms with Crippen LogP contribution in [0.4, 0.5) is 4.79 Å². The number of carbonyl (C=O) groups excluding carboxylic acids is 2. The Hall–Kier alpha value is -1.34. The maximum atomic E-state index is 12.3. The van der Waals surface area contributed by atoms with E-state index < -0.39 is 11.7 Å². The quantitative estimate of drug-likeness (QED) is 0.585. The second-order valence-electron chi connectivity index (χ2n) is 9.37. The molecule has 3 N–H and O–H groups in total. The predicted octanol–water partition coefficient (Wildman–Crippen LogP) is 2.28. The highest BCUT2D eigenvalue weighted by Crippen LogP contribution is 2.23. The summed E-state index contributed by atoms with van der Waals surface area (Å²) in [5.74, 6) is 0.583. The molecule has 2 fully saturated rings. The highest BCUT2D eigenvalue weighted by Gasteiger charge is 2.34. The fourth-order valence-electron chi connectivity index (χ4n) is 3.90. The van der Waals surface area contributed by atoms with E-state index in [1.54, 1.807) is 4.90 Å². The molecule has 0 aromatic rings. The Morgan fingerprint density at radius 1 is 1.11 bits per heavy atom. The lowest BCUT2D eigenvalue weighted by molar-refractivity contribution is -0.131. The van der Waals surface area contributed by atoms with Crippen LogP contribution >= 0.6 is 0 Å². The van der Waals surface area contributed by atoms with Crippen molar-refractivity contribution in [3.8, 4) is 0 Å². The molecule has 1 saturated heterocycles. The SMILES string of the molecule is CCC(NCC1CN(C(=O)OC(C)(C)C)C1)C(O)C(=O)NCC1CCCCC1. The van der Waals surface area contributed by atoms with Crippen molar-refractivity contribution in [3.63, 3.8) is 0 Å². The number of likely N-dealkylation sites (tertiary alicyclic amines) is 1. The summed E-state index contributed by atoms with van der Waals surface area (Å²) in [6.07, 6.45) is 5.45. The average Bonchev–Trinajstić information content (AvgIpc) is 2.60. The van der Waals surface area contributed by atoms with Gasteiger partial charge < -0.3 is 25.4 Å². The summed E-state index contributed by atoms with van der Waals surface area (Å²) in [7, 11) is 0. The highest BCUT2D eigenvalue weighted by molar-refractivity contribution is 5.81. The fraction of sp³-hybridized carbons (Fsp3) is 0.905. The Morgan fingerprint density at radius 2 is 1.75 bits per heavy atom. The first-order chi connectivity index (χ1) is 13.2. The maximum absolute atomic E-state index is 12.3. The summed E-state index contributed by atoms with van der Waals surface area (Å²) < 4.78 is 5.36. The lowest BCUT2D eigenvalue weighted by Crippen LogP contribution is -2.57. The molecule has 0 spiro atoms. The molecule has 2 unspecified atom stereocenters. The van der Waals surface area contributed by atoms with Gasteiger partial charge in [0.2, 0.25) is 5.91 Å². The van der Waals surface area contributed by atoms with Crippen molar-refractivity contribution in [1.82, 2.24) is 15.5 Å². The summed E-state index contributed by atoms with van der Waals surface area (Å²) >= 11 is 0. The predicted molar refractivity (Wildman–Crippen MR) is 109 cm³/mol. The molecule has 1 aliphatic carbocycles. The van der Waals surface area contributed by atoms with E-state index in [1.165, 1.54) is 32.1 Å². The molecule has 28 heavy (non-hydrogen) atoms. The first-order valence-electron chi connectivity index (χ1n) is 10.9. The monoisotopic (exact) mass is 397 g/mol. The van der Waals surface area contributed by atoms with E-state index >= 15 is 0 Å².